The third kappa shape index (κ3) is 3.96. The molecule has 2 fully saturated rings. The molecule has 1 aliphatic carbocycles. The van der Waals surface area contributed by atoms with Crippen LogP contribution in [0.5, 0.6) is 0 Å². The minimum atomic E-state index is -3.72. The Kier molecular flexibility index (Phi) is 5.42. The van der Waals surface area contributed by atoms with Gasteiger partial charge in [0.1, 0.15) is 0 Å². The number of carbonyl (C=O) groups excluding carboxylic acids is 1. The molecule has 1 N–H and O–H groups in total. The first-order valence-corrected chi connectivity index (χ1v) is 10.1. The molecule has 1 saturated carbocycles. The number of benzene rings is 1. The smallest absolute Gasteiger partial charge is 0.317 e. The molecule has 142 valence electrons. The van der Waals surface area contributed by atoms with E-state index in [0.717, 1.165) is 25.7 Å². The first-order valence-electron chi connectivity index (χ1n) is 8.68. The fourth-order valence-corrected chi connectivity index (χ4v) is 4.78. The van der Waals surface area contributed by atoms with E-state index in [1.54, 1.807) is 4.90 Å². The second kappa shape index (κ2) is 7.58. The van der Waals surface area contributed by atoms with Crippen LogP contribution in [-0.2, 0) is 10.0 Å². The number of amides is 2. The van der Waals surface area contributed by atoms with Crippen molar-refractivity contribution < 1.29 is 18.1 Å². The molecule has 0 unspecified atom stereocenters. The van der Waals surface area contributed by atoms with E-state index in [1.165, 1.54) is 28.6 Å². The highest BCUT2D eigenvalue weighted by Gasteiger charge is 2.31. The topological polar surface area (TPSA) is 113 Å². The van der Waals surface area contributed by atoms with Crippen molar-refractivity contribution >= 4 is 21.7 Å². The van der Waals surface area contributed by atoms with Crippen LogP contribution < -0.4 is 5.32 Å². The minimum absolute atomic E-state index is 0.0203. The van der Waals surface area contributed by atoms with Crippen molar-refractivity contribution in [2.45, 2.75) is 36.6 Å². The lowest BCUT2D eigenvalue weighted by molar-refractivity contribution is -0.384. The lowest BCUT2D eigenvalue weighted by Crippen LogP contribution is -2.54. The summed E-state index contributed by atoms with van der Waals surface area (Å²) in [5.74, 6) is 0. The van der Waals surface area contributed by atoms with Crippen LogP contribution >= 0.6 is 0 Å². The highest BCUT2D eigenvalue weighted by atomic mass is 32.2. The third-order valence-corrected chi connectivity index (χ3v) is 6.81. The molecule has 9 nitrogen and oxygen atoms in total. The van der Waals surface area contributed by atoms with E-state index >= 15 is 0 Å². The van der Waals surface area contributed by atoms with Crippen LogP contribution in [0.25, 0.3) is 0 Å². The molecule has 0 aromatic heterocycles. The molecule has 1 aromatic rings. The van der Waals surface area contributed by atoms with Crippen LogP contribution in [-0.4, -0.2) is 60.8 Å². The highest BCUT2D eigenvalue weighted by molar-refractivity contribution is 7.89. The molecular weight excluding hydrogens is 360 g/mol. The summed E-state index contributed by atoms with van der Waals surface area (Å²) >= 11 is 0. The Labute approximate surface area is 152 Å². The molecular formula is C16H22N4O5S. The van der Waals surface area contributed by atoms with Gasteiger partial charge >= 0.3 is 6.03 Å². The largest absolute Gasteiger partial charge is 0.335 e. The molecule has 0 bridgehead atoms. The van der Waals surface area contributed by atoms with E-state index in [0.29, 0.717) is 13.1 Å². The Bertz CT molecular complexity index is 766. The average molecular weight is 382 g/mol. The molecule has 0 radical (unpaired) electrons. The predicted octanol–water partition coefficient (Wildman–Crippen LogP) is 1.55. The van der Waals surface area contributed by atoms with Crippen molar-refractivity contribution in [3.63, 3.8) is 0 Å². The third-order valence-electron chi connectivity index (χ3n) is 4.89. The molecule has 1 saturated heterocycles. The van der Waals surface area contributed by atoms with Gasteiger partial charge in [-0.3, -0.25) is 10.1 Å². The van der Waals surface area contributed by atoms with Crippen molar-refractivity contribution in [3.8, 4) is 0 Å². The maximum absolute atomic E-state index is 12.7. The molecule has 0 spiro atoms. The Balaban J connectivity index is 1.59. The Morgan fingerprint density at radius 3 is 2.19 bits per heavy atom. The number of hydrogen-bond donors (Lipinski definition) is 1. The summed E-state index contributed by atoms with van der Waals surface area (Å²) < 4.78 is 26.6. The fourth-order valence-electron chi connectivity index (χ4n) is 3.36. The first kappa shape index (κ1) is 18.6. The standard InChI is InChI=1S/C16H22N4O5S/c21-16(17-13-3-1-2-4-13)18-9-11-19(12-10-18)26(24,25)15-7-5-14(6-8-15)20(22)23/h5-8,13H,1-4,9-12H2,(H,17,21). The number of carbonyl (C=O) groups is 1. The van der Waals surface area contributed by atoms with E-state index in [9.17, 15) is 23.3 Å². The highest BCUT2D eigenvalue weighted by Crippen LogP contribution is 2.21. The molecule has 26 heavy (non-hydrogen) atoms. The van der Waals surface area contributed by atoms with E-state index in [4.69, 9.17) is 0 Å². The van der Waals surface area contributed by atoms with Crippen molar-refractivity contribution in [1.29, 1.82) is 0 Å². The molecule has 2 amide bonds. The zero-order valence-electron chi connectivity index (χ0n) is 14.3. The summed E-state index contributed by atoms with van der Waals surface area (Å²) in [6.07, 6.45) is 4.26. The lowest BCUT2D eigenvalue weighted by Gasteiger charge is -2.34. The summed E-state index contributed by atoms with van der Waals surface area (Å²) in [7, 11) is -3.72. The van der Waals surface area contributed by atoms with Gasteiger partial charge < -0.3 is 10.2 Å². The first-order chi connectivity index (χ1) is 12.4. The van der Waals surface area contributed by atoms with Gasteiger partial charge in [0.15, 0.2) is 0 Å². The molecule has 1 aliphatic heterocycles. The Morgan fingerprint density at radius 1 is 1.08 bits per heavy atom. The fraction of sp³-hybridized carbons (Fsp3) is 0.562. The van der Waals surface area contributed by atoms with Gasteiger partial charge in [-0.1, -0.05) is 12.8 Å². The summed E-state index contributed by atoms with van der Waals surface area (Å²) in [5, 5.41) is 13.7. The van der Waals surface area contributed by atoms with Crippen molar-refractivity contribution in [1.82, 2.24) is 14.5 Å². The van der Waals surface area contributed by atoms with E-state index in [-0.39, 0.29) is 35.7 Å². The number of nitrogens with one attached hydrogen (secondary N) is 1. The van der Waals surface area contributed by atoms with Crippen LogP contribution in [0.2, 0.25) is 0 Å². The van der Waals surface area contributed by atoms with Gasteiger partial charge in [0.2, 0.25) is 10.0 Å². The van der Waals surface area contributed by atoms with Crippen molar-refractivity contribution in [3.05, 3.63) is 34.4 Å². The number of piperazine rings is 1. The molecule has 3 rings (SSSR count). The maximum Gasteiger partial charge on any atom is 0.317 e. The monoisotopic (exact) mass is 382 g/mol. The van der Waals surface area contributed by atoms with E-state index in [2.05, 4.69) is 5.32 Å². The maximum atomic E-state index is 12.7. The normalized spacial score (nSPS) is 19.5. The van der Waals surface area contributed by atoms with Gasteiger partial charge in [-0.05, 0) is 25.0 Å². The van der Waals surface area contributed by atoms with Gasteiger partial charge in [0.05, 0.1) is 9.82 Å². The lowest BCUT2D eigenvalue weighted by atomic mass is 10.2. The summed E-state index contributed by atoms with van der Waals surface area (Å²) in [6.45, 7) is 1.06. The van der Waals surface area contributed by atoms with Gasteiger partial charge in [0, 0.05) is 44.4 Å². The zero-order valence-corrected chi connectivity index (χ0v) is 15.2. The SMILES string of the molecule is O=C(NC1CCCC1)N1CCN(S(=O)(=O)c2ccc([N+](=O)[O-])cc2)CC1. The number of hydrogen-bond acceptors (Lipinski definition) is 5. The Hall–Kier alpha value is -2.20. The van der Waals surface area contributed by atoms with Crippen LogP contribution in [0.15, 0.2) is 29.2 Å². The van der Waals surface area contributed by atoms with Crippen LogP contribution in [0.4, 0.5) is 10.5 Å². The van der Waals surface area contributed by atoms with Crippen molar-refractivity contribution in [2.24, 2.45) is 0 Å². The second-order valence-electron chi connectivity index (χ2n) is 6.57. The predicted molar refractivity (Wildman–Crippen MR) is 94.2 cm³/mol. The van der Waals surface area contributed by atoms with E-state index in [1.807, 2.05) is 0 Å². The number of rotatable bonds is 4. The number of non-ortho nitro benzene ring substituents is 1. The number of nitrogens with zero attached hydrogens (tertiary/aromatic N) is 3. The number of nitro benzene ring substituents is 1. The second-order valence-corrected chi connectivity index (χ2v) is 8.51. The van der Waals surface area contributed by atoms with Gasteiger partial charge in [-0.15, -0.1) is 0 Å². The quantitative estimate of drug-likeness (QED) is 0.627. The molecule has 1 aromatic carbocycles. The molecule has 2 aliphatic rings. The number of urea groups is 1. The van der Waals surface area contributed by atoms with Gasteiger partial charge in [-0.2, -0.15) is 4.31 Å². The van der Waals surface area contributed by atoms with Crippen molar-refractivity contribution in [2.75, 3.05) is 26.2 Å². The Morgan fingerprint density at radius 2 is 1.65 bits per heavy atom. The molecule has 10 heteroatoms. The van der Waals surface area contributed by atoms with E-state index < -0.39 is 14.9 Å². The van der Waals surface area contributed by atoms with Crippen LogP contribution in [0.1, 0.15) is 25.7 Å². The summed E-state index contributed by atoms with van der Waals surface area (Å²) in [5.41, 5.74) is -0.155. The van der Waals surface area contributed by atoms with Crippen LogP contribution in [0, 0.1) is 10.1 Å². The zero-order chi connectivity index (χ0) is 18.7. The van der Waals surface area contributed by atoms with Gasteiger partial charge in [0.25, 0.3) is 5.69 Å². The average Bonchev–Trinajstić information content (AvgIpc) is 3.15. The van der Waals surface area contributed by atoms with Crippen LogP contribution in [0.3, 0.4) is 0 Å². The summed E-state index contributed by atoms with van der Waals surface area (Å²) in [4.78, 5) is 24.0. The number of sulfonamides is 1. The van der Waals surface area contributed by atoms with Gasteiger partial charge in [-0.25, -0.2) is 13.2 Å². The molecule has 0 atom stereocenters. The number of nitro groups is 1. The summed E-state index contributed by atoms with van der Waals surface area (Å²) in [6, 6.07) is 4.93. The minimum Gasteiger partial charge on any atom is -0.335 e. The molecule has 1 heterocycles.